The number of hydrogen-bond donors (Lipinski definition) is 4. The molecule has 0 bridgehead atoms. The molecule has 0 amide bonds. The van der Waals surface area contributed by atoms with Gasteiger partial charge in [0.25, 0.3) is 0 Å². The number of ether oxygens (including phenoxy) is 3. The maximum absolute atomic E-state index is 12.8. The number of halogens is 1. The van der Waals surface area contributed by atoms with E-state index in [1.165, 1.54) is 25.3 Å². The van der Waals surface area contributed by atoms with Crippen LogP contribution in [-0.2, 0) is 9.63 Å². The van der Waals surface area contributed by atoms with Gasteiger partial charge in [-0.05, 0) is 36.4 Å². The van der Waals surface area contributed by atoms with E-state index in [0.29, 0.717) is 22.6 Å². The first kappa shape index (κ1) is 26.4. The minimum atomic E-state index is -0.819. The Morgan fingerprint density at radius 1 is 0.976 bits per heavy atom. The maximum Gasteiger partial charge on any atom is 0.354 e. The number of hydroxylamine groups is 1. The Morgan fingerprint density at radius 3 is 2.59 bits per heavy atom. The number of aromatic hydroxyl groups is 3. The average Bonchev–Trinajstić information content (AvgIpc) is 3.30. The highest BCUT2D eigenvalue weighted by Gasteiger charge is 2.37. The number of alkyl halides is 1. The Bertz CT molecular complexity index is 1780. The molecule has 4 aromatic rings. The molecule has 11 nitrogen and oxygen atoms in total. The number of methoxy groups -OCH3 is 1. The Morgan fingerprint density at radius 2 is 1.80 bits per heavy atom. The van der Waals surface area contributed by atoms with Crippen molar-refractivity contribution in [3.05, 3.63) is 82.0 Å². The van der Waals surface area contributed by atoms with Crippen molar-refractivity contribution in [2.45, 2.75) is 18.2 Å². The van der Waals surface area contributed by atoms with Gasteiger partial charge in [-0.1, -0.05) is 6.07 Å². The number of phenolic OH excluding ortho intramolecular Hbond substituents is 3. The number of carbonyl (C=O) groups excluding carboxylic acids is 1. The molecule has 1 fully saturated rings. The van der Waals surface area contributed by atoms with Crippen molar-refractivity contribution >= 4 is 28.5 Å². The van der Waals surface area contributed by atoms with Gasteiger partial charge in [-0.25, -0.2) is 4.79 Å². The van der Waals surface area contributed by atoms with Crippen molar-refractivity contribution in [3.63, 3.8) is 0 Å². The molecule has 1 aromatic heterocycles. The summed E-state index contributed by atoms with van der Waals surface area (Å²) in [5.41, 5.74) is 3.39. The van der Waals surface area contributed by atoms with Crippen molar-refractivity contribution < 1.29 is 43.6 Å². The van der Waals surface area contributed by atoms with Gasteiger partial charge in [0.05, 0.1) is 18.7 Å². The van der Waals surface area contributed by atoms with Gasteiger partial charge in [-0.2, -0.15) is 0 Å². The summed E-state index contributed by atoms with van der Waals surface area (Å²) in [5.74, 6) is -0.220. The lowest BCUT2D eigenvalue weighted by Gasteiger charge is -2.33. The van der Waals surface area contributed by atoms with Crippen LogP contribution in [0.1, 0.15) is 11.7 Å². The van der Waals surface area contributed by atoms with Crippen LogP contribution in [0.15, 0.2) is 75.5 Å². The number of phenols is 3. The van der Waals surface area contributed by atoms with Crippen LogP contribution in [0.25, 0.3) is 22.3 Å². The van der Waals surface area contributed by atoms with Crippen LogP contribution in [0.4, 0.5) is 0 Å². The Labute approximate surface area is 236 Å². The molecule has 0 spiro atoms. The number of benzene rings is 3. The van der Waals surface area contributed by atoms with E-state index in [0.717, 1.165) is 6.07 Å². The van der Waals surface area contributed by atoms with Gasteiger partial charge in [0.2, 0.25) is 0 Å². The monoisotopic (exact) mass is 579 g/mol. The molecule has 41 heavy (non-hydrogen) atoms. The first-order valence-corrected chi connectivity index (χ1v) is 12.9. The highest BCUT2D eigenvalue weighted by Crippen LogP contribution is 2.44. The molecule has 6 rings (SSSR count). The van der Waals surface area contributed by atoms with E-state index >= 15 is 0 Å². The highest BCUT2D eigenvalue weighted by molar-refractivity contribution is 6.19. The van der Waals surface area contributed by atoms with Gasteiger partial charge in [-0.15, -0.1) is 17.1 Å². The standard InChI is InChI=1S/C29H22ClNO10/c1-37-23-7-14(2-4-18(23)33)28-26(10-16-17(12-30)31-41-29(16)36)38-21-5-3-13(6-24(21)40-28)22-11-20(35)27-19(34)8-15(32)9-25(27)39-22/h2-11,17,26,28,31-34H,12H2,1H3/b16-10+. The summed E-state index contributed by atoms with van der Waals surface area (Å²) in [5, 5.41) is 30.0. The van der Waals surface area contributed by atoms with Crippen molar-refractivity contribution in [1.29, 1.82) is 0 Å². The summed E-state index contributed by atoms with van der Waals surface area (Å²) >= 11 is 6.01. The second-order valence-electron chi connectivity index (χ2n) is 9.36. The molecular formula is C29H22ClNO10. The lowest BCUT2D eigenvalue weighted by molar-refractivity contribution is -0.140. The molecule has 3 aromatic carbocycles. The number of nitrogens with one attached hydrogen (secondary N) is 1. The summed E-state index contributed by atoms with van der Waals surface area (Å²) in [6.07, 6.45) is -0.0562. The van der Waals surface area contributed by atoms with Gasteiger partial charge in [-0.3, -0.25) is 4.79 Å². The molecular weight excluding hydrogens is 558 g/mol. The Balaban J connectivity index is 1.43. The summed E-state index contributed by atoms with van der Waals surface area (Å²) in [6, 6.07) is 12.5. The largest absolute Gasteiger partial charge is 0.508 e. The fourth-order valence-corrected chi connectivity index (χ4v) is 5.00. The number of rotatable bonds is 5. The summed E-state index contributed by atoms with van der Waals surface area (Å²) in [6.45, 7) is 0. The first-order valence-electron chi connectivity index (χ1n) is 12.3. The van der Waals surface area contributed by atoms with Gasteiger partial charge >= 0.3 is 5.97 Å². The lowest BCUT2D eigenvalue weighted by atomic mass is 9.98. The highest BCUT2D eigenvalue weighted by atomic mass is 35.5. The third-order valence-corrected chi connectivity index (χ3v) is 7.08. The van der Waals surface area contributed by atoms with E-state index in [2.05, 4.69) is 5.48 Å². The summed E-state index contributed by atoms with van der Waals surface area (Å²) in [4.78, 5) is 30.1. The smallest absolute Gasteiger partial charge is 0.354 e. The van der Waals surface area contributed by atoms with E-state index in [1.807, 2.05) is 0 Å². The van der Waals surface area contributed by atoms with Crippen molar-refractivity contribution in [2.75, 3.05) is 13.0 Å². The van der Waals surface area contributed by atoms with Crippen LogP contribution in [0.5, 0.6) is 34.5 Å². The average molecular weight is 580 g/mol. The maximum atomic E-state index is 12.8. The normalized spacial score (nSPS) is 20.8. The quantitative estimate of drug-likeness (QED) is 0.200. The second kappa shape index (κ2) is 10.3. The predicted octanol–water partition coefficient (Wildman–Crippen LogP) is 4.06. The zero-order chi connectivity index (χ0) is 28.8. The van der Waals surface area contributed by atoms with Crippen LogP contribution in [0, 0.1) is 0 Å². The SMILES string of the molecule is COc1cc(C2Oc3cc(-c4cc(=O)c5c(O)cc(O)cc5o4)ccc3OC2/C=C2/C(=O)ONC2CCl)ccc1O. The molecule has 0 radical (unpaired) electrons. The van der Waals surface area contributed by atoms with Crippen LogP contribution in [0.2, 0.25) is 0 Å². The fourth-order valence-electron chi connectivity index (χ4n) is 4.77. The van der Waals surface area contributed by atoms with E-state index in [4.69, 9.17) is 35.1 Å². The topological polar surface area (TPSA) is 157 Å². The van der Waals surface area contributed by atoms with Gasteiger partial charge in [0.15, 0.2) is 40.6 Å². The van der Waals surface area contributed by atoms with E-state index < -0.39 is 35.4 Å². The molecule has 4 N–H and O–H groups in total. The van der Waals surface area contributed by atoms with Crippen LogP contribution in [0.3, 0.4) is 0 Å². The van der Waals surface area contributed by atoms with Crippen LogP contribution < -0.4 is 25.1 Å². The minimum absolute atomic E-state index is 0.00606. The Kier molecular flexibility index (Phi) is 6.60. The second-order valence-corrected chi connectivity index (χ2v) is 9.67. The van der Waals surface area contributed by atoms with E-state index in [9.17, 15) is 24.9 Å². The predicted molar refractivity (Wildman–Crippen MR) is 146 cm³/mol. The molecule has 0 aliphatic carbocycles. The molecule has 12 heteroatoms. The lowest BCUT2D eigenvalue weighted by Crippen LogP contribution is -2.33. The number of fused-ring (bicyclic) bond motifs is 2. The zero-order valence-corrected chi connectivity index (χ0v) is 22.0. The van der Waals surface area contributed by atoms with Crippen LogP contribution >= 0.6 is 11.6 Å². The Hall–Kier alpha value is -4.87. The molecule has 0 saturated carbocycles. The summed E-state index contributed by atoms with van der Waals surface area (Å²) in [7, 11) is 1.42. The van der Waals surface area contributed by atoms with Crippen molar-refractivity contribution in [1.82, 2.24) is 5.48 Å². The van der Waals surface area contributed by atoms with Gasteiger partial charge in [0.1, 0.15) is 28.2 Å². The molecule has 3 heterocycles. The summed E-state index contributed by atoms with van der Waals surface area (Å²) < 4.78 is 23.8. The molecule has 3 atom stereocenters. The molecule has 210 valence electrons. The zero-order valence-electron chi connectivity index (χ0n) is 21.3. The van der Waals surface area contributed by atoms with Crippen molar-refractivity contribution in [3.8, 4) is 45.8 Å². The number of hydrogen-bond acceptors (Lipinski definition) is 11. The first-order chi connectivity index (χ1) is 19.7. The van der Waals surface area contributed by atoms with Crippen LogP contribution in [-0.4, -0.2) is 46.4 Å². The molecule has 1 saturated heterocycles. The fraction of sp³-hybridized carbons (Fsp3) is 0.172. The number of carbonyl (C=O) groups is 1. The minimum Gasteiger partial charge on any atom is -0.508 e. The molecule has 2 aliphatic rings. The van der Waals surface area contributed by atoms with Crippen molar-refractivity contribution in [2.24, 2.45) is 0 Å². The van der Waals surface area contributed by atoms with Gasteiger partial charge < -0.3 is 38.8 Å². The third kappa shape index (κ3) is 4.75. The van der Waals surface area contributed by atoms with E-state index in [-0.39, 0.29) is 45.4 Å². The third-order valence-electron chi connectivity index (χ3n) is 6.77. The van der Waals surface area contributed by atoms with Gasteiger partial charge in [0, 0.05) is 35.2 Å². The molecule has 2 aliphatic heterocycles. The molecule has 3 unspecified atom stereocenters. The van der Waals surface area contributed by atoms with E-state index in [1.54, 1.807) is 36.4 Å².